The number of benzene rings is 2. The monoisotopic (exact) mass is 393 g/mol. The second kappa shape index (κ2) is 7.80. The van der Waals surface area contributed by atoms with Crippen LogP contribution >= 0.6 is 23.2 Å². The molecule has 0 unspecified atom stereocenters. The predicted octanol–water partition coefficient (Wildman–Crippen LogP) is 3.66. The van der Waals surface area contributed by atoms with E-state index in [-0.39, 0.29) is 24.3 Å². The second-order valence-electron chi connectivity index (χ2n) is 5.61. The van der Waals surface area contributed by atoms with Gasteiger partial charge in [0.05, 0.1) is 16.1 Å². The van der Waals surface area contributed by atoms with E-state index in [1.54, 1.807) is 30.3 Å². The fourth-order valence-corrected chi connectivity index (χ4v) is 2.61. The first-order chi connectivity index (χ1) is 12.4. The van der Waals surface area contributed by atoms with E-state index in [1.807, 2.05) is 6.92 Å². The number of aromatic nitrogens is 4. The number of halogens is 3. The Balaban J connectivity index is 1.63. The van der Waals surface area contributed by atoms with Crippen LogP contribution in [0.15, 0.2) is 42.5 Å². The molecule has 0 aliphatic heterocycles. The van der Waals surface area contributed by atoms with Crippen molar-refractivity contribution in [3.8, 4) is 11.4 Å². The molecule has 26 heavy (non-hydrogen) atoms. The van der Waals surface area contributed by atoms with Crippen molar-refractivity contribution in [2.24, 2.45) is 0 Å². The topological polar surface area (TPSA) is 72.7 Å². The minimum absolute atomic E-state index is 0.0974. The van der Waals surface area contributed by atoms with Crippen molar-refractivity contribution in [2.45, 2.75) is 19.5 Å². The van der Waals surface area contributed by atoms with Gasteiger partial charge in [-0.2, -0.15) is 4.80 Å². The Kier molecular flexibility index (Phi) is 5.49. The van der Waals surface area contributed by atoms with Crippen LogP contribution in [0, 0.1) is 5.82 Å². The van der Waals surface area contributed by atoms with Crippen LogP contribution in [-0.2, 0) is 11.3 Å². The van der Waals surface area contributed by atoms with Crippen molar-refractivity contribution in [2.75, 3.05) is 0 Å². The van der Waals surface area contributed by atoms with Crippen molar-refractivity contribution in [3.63, 3.8) is 0 Å². The molecule has 2 aromatic carbocycles. The van der Waals surface area contributed by atoms with Gasteiger partial charge in [0.1, 0.15) is 12.4 Å². The summed E-state index contributed by atoms with van der Waals surface area (Å²) < 4.78 is 13.0. The smallest absolute Gasteiger partial charge is 0.244 e. The quantitative estimate of drug-likeness (QED) is 0.717. The highest BCUT2D eigenvalue weighted by Gasteiger charge is 2.13. The maximum atomic E-state index is 13.0. The van der Waals surface area contributed by atoms with E-state index >= 15 is 0 Å². The number of hydrogen-bond donors (Lipinski definition) is 1. The van der Waals surface area contributed by atoms with Crippen LogP contribution in [0.1, 0.15) is 18.5 Å². The lowest BCUT2D eigenvalue weighted by molar-refractivity contribution is -0.122. The molecule has 6 nitrogen and oxygen atoms in total. The molecular weight excluding hydrogens is 380 g/mol. The molecule has 9 heteroatoms. The summed E-state index contributed by atoms with van der Waals surface area (Å²) in [6.45, 7) is 1.73. The minimum atomic E-state index is -0.350. The highest BCUT2D eigenvalue weighted by molar-refractivity contribution is 6.42. The first kappa shape index (κ1) is 18.3. The molecule has 1 aromatic heterocycles. The number of nitrogens with zero attached hydrogens (tertiary/aromatic N) is 4. The number of tetrazole rings is 1. The lowest BCUT2D eigenvalue weighted by Crippen LogP contribution is -2.30. The molecule has 3 rings (SSSR count). The molecule has 1 N–H and O–H groups in total. The summed E-state index contributed by atoms with van der Waals surface area (Å²) in [6, 6.07) is 10.6. The highest BCUT2D eigenvalue weighted by atomic mass is 35.5. The summed E-state index contributed by atoms with van der Waals surface area (Å²) in [6.07, 6.45) is 0. The Morgan fingerprint density at radius 1 is 1.19 bits per heavy atom. The average Bonchev–Trinajstić information content (AvgIpc) is 3.06. The molecule has 0 aliphatic carbocycles. The molecule has 3 aromatic rings. The minimum Gasteiger partial charge on any atom is -0.348 e. The third kappa shape index (κ3) is 4.36. The van der Waals surface area contributed by atoms with Crippen LogP contribution in [-0.4, -0.2) is 26.1 Å². The summed E-state index contributed by atoms with van der Waals surface area (Å²) in [7, 11) is 0. The van der Waals surface area contributed by atoms with Crippen molar-refractivity contribution in [1.29, 1.82) is 0 Å². The first-order valence-corrected chi connectivity index (χ1v) is 8.46. The van der Waals surface area contributed by atoms with Gasteiger partial charge in [-0.3, -0.25) is 4.79 Å². The van der Waals surface area contributed by atoms with E-state index in [9.17, 15) is 9.18 Å². The Morgan fingerprint density at radius 3 is 2.62 bits per heavy atom. The number of amides is 1. The van der Waals surface area contributed by atoms with Crippen molar-refractivity contribution in [1.82, 2.24) is 25.5 Å². The van der Waals surface area contributed by atoms with Gasteiger partial charge in [0.25, 0.3) is 0 Å². The zero-order valence-electron chi connectivity index (χ0n) is 13.7. The van der Waals surface area contributed by atoms with Crippen LogP contribution in [0.2, 0.25) is 10.0 Å². The van der Waals surface area contributed by atoms with E-state index in [2.05, 4.69) is 20.7 Å². The van der Waals surface area contributed by atoms with Crippen LogP contribution < -0.4 is 5.32 Å². The fraction of sp³-hybridized carbons (Fsp3) is 0.176. The van der Waals surface area contributed by atoms with Gasteiger partial charge in [-0.05, 0) is 54.1 Å². The molecule has 0 spiro atoms. The zero-order valence-corrected chi connectivity index (χ0v) is 15.2. The molecular formula is C17H14Cl2FN5O. The molecule has 1 amide bonds. The van der Waals surface area contributed by atoms with Crippen LogP contribution in [0.25, 0.3) is 11.4 Å². The summed E-state index contributed by atoms with van der Waals surface area (Å²) in [5.74, 6) is -0.321. The number of hydrogen-bond acceptors (Lipinski definition) is 4. The molecule has 0 bridgehead atoms. The van der Waals surface area contributed by atoms with Crippen LogP contribution in [0.4, 0.5) is 4.39 Å². The Bertz CT molecular complexity index is 929. The molecule has 0 fully saturated rings. The van der Waals surface area contributed by atoms with Gasteiger partial charge in [-0.15, -0.1) is 10.2 Å². The zero-order chi connectivity index (χ0) is 18.7. The Morgan fingerprint density at radius 2 is 1.92 bits per heavy atom. The first-order valence-electron chi connectivity index (χ1n) is 7.70. The Hall–Kier alpha value is -2.51. The summed E-state index contributed by atoms with van der Waals surface area (Å²) in [5.41, 5.74) is 1.44. The van der Waals surface area contributed by atoms with E-state index in [0.29, 0.717) is 21.4 Å². The highest BCUT2D eigenvalue weighted by Crippen LogP contribution is 2.25. The van der Waals surface area contributed by atoms with Gasteiger partial charge in [0, 0.05) is 5.56 Å². The predicted molar refractivity (Wildman–Crippen MR) is 96.2 cm³/mol. The molecule has 1 atom stereocenters. The average molecular weight is 394 g/mol. The standard InChI is InChI=1S/C17H14Cl2FN5O/c1-10(12-4-7-14(18)15(19)8-12)21-16(26)9-25-23-17(22-24-25)11-2-5-13(20)6-3-11/h2-8,10H,9H2,1H3,(H,21,26)/t10-/m1/s1. The second-order valence-corrected chi connectivity index (χ2v) is 6.43. The number of carbonyl (C=O) groups is 1. The van der Waals surface area contributed by atoms with Crippen molar-refractivity contribution >= 4 is 29.1 Å². The molecule has 0 saturated heterocycles. The maximum Gasteiger partial charge on any atom is 0.244 e. The van der Waals surface area contributed by atoms with E-state index < -0.39 is 0 Å². The van der Waals surface area contributed by atoms with Gasteiger partial charge in [0.2, 0.25) is 11.7 Å². The van der Waals surface area contributed by atoms with Gasteiger partial charge in [0.15, 0.2) is 0 Å². The van der Waals surface area contributed by atoms with E-state index in [0.717, 1.165) is 5.56 Å². The van der Waals surface area contributed by atoms with Crippen molar-refractivity contribution < 1.29 is 9.18 Å². The molecule has 0 saturated carbocycles. The van der Waals surface area contributed by atoms with Gasteiger partial charge >= 0.3 is 0 Å². The van der Waals surface area contributed by atoms with Crippen LogP contribution in [0.5, 0.6) is 0 Å². The van der Waals surface area contributed by atoms with E-state index in [4.69, 9.17) is 23.2 Å². The summed E-state index contributed by atoms with van der Waals surface area (Å²) in [5, 5.41) is 15.6. The Labute approximate surface area is 158 Å². The third-order valence-electron chi connectivity index (χ3n) is 3.66. The van der Waals surface area contributed by atoms with Crippen LogP contribution in [0.3, 0.4) is 0 Å². The number of nitrogens with one attached hydrogen (secondary N) is 1. The fourth-order valence-electron chi connectivity index (χ4n) is 2.31. The molecule has 0 aliphatic rings. The molecule has 134 valence electrons. The lowest BCUT2D eigenvalue weighted by atomic mass is 10.1. The summed E-state index contributed by atoms with van der Waals surface area (Å²) >= 11 is 11.9. The molecule has 0 radical (unpaired) electrons. The van der Waals surface area contributed by atoms with Crippen molar-refractivity contribution in [3.05, 3.63) is 63.9 Å². The van der Waals surface area contributed by atoms with Gasteiger partial charge in [-0.1, -0.05) is 29.3 Å². The SMILES string of the molecule is C[C@@H](NC(=O)Cn1nnc(-c2ccc(F)cc2)n1)c1ccc(Cl)c(Cl)c1. The van der Waals surface area contributed by atoms with Gasteiger partial charge < -0.3 is 5.32 Å². The number of rotatable bonds is 5. The number of carbonyl (C=O) groups excluding carboxylic acids is 1. The lowest BCUT2D eigenvalue weighted by Gasteiger charge is -2.14. The van der Waals surface area contributed by atoms with Gasteiger partial charge in [-0.25, -0.2) is 4.39 Å². The van der Waals surface area contributed by atoms with E-state index in [1.165, 1.54) is 16.9 Å². The third-order valence-corrected chi connectivity index (χ3v) is 4.40. The largest absolute Gasteiger partial charge is 0.348 e. The summed E-state index contributed by atoms with van der Waals surface area (Å²) in [4.78, 5) is 13.4. The molecule has 1 heterocycles. The normalized spacial score (nSPS) is 12.0. The maximum absolute atomic E-state index is 13.0.